The lowest BCUT2D eigenvalue weighted by Crippen LogP contribution is -2.27. The Labute approximate surface area is 160 Å². The Hall–Kier alpha value is -2.74. The number of carbonyl (C=O) groups is 3. The molecule has 0 bridgehead atoms. The highest BCUT2D eigenvalue weighted by Gasteiger charge is 2.27. The third kappa shape index (κ3) is 5.13. The number of carbonyl (C=O) groups excluding carboxylic acids is 3. The van der Waals surface area contributed by atoms with Gasteiger partial charge in [-0.15, -0.1) is 11.3 Å². The van der Waals surface area contributed by atoms with Gasteiger partial charge in [-0.1, -0.05) is 32.9 Å². The molecule has 0 saturated heterocycles. The second-order valence-corrected chi connectivity index (χ2v) is 8.12. The van der Waals surface area contributed by atoms with Gasteiger partial charge >= 0.3 is 5.97 Å². The molecule has 1 aromatic carbocycles. The van der Waals surface area contributed by atoms with E-state index in [1.54, 1.807) is 33.8 Å². The van der Waals surface area contributed by atoms with Crippen molar-refractivity contribution in [2.24, 2.45) is 11.1 Å². The molecule has 27 heavy (non-hydrogen) atoms. The van der Waals surface area contributed by atoms with Crippen molar-refractivity contribution in [3.05, 3.63) is 52.2 Å². The van der Waals surface area contributed by atoms with Crippen LogP contribution in [0.4, 0.5) is 9.39 Å². The van der Waals surface area contributed by atoms with Crippen LogP contribution < -0.4 is 11.1 Å². The molecule has 0 fully saturated rings. The van der Waals surface area contributed by atoms with Crippen molar-refractivity contribution >= 4 is 34.1 Å². The first-order chi connectivity index (χ1) is 12.5. The van der Waals surface area contributed by atoms with Crippen LogP contribution in [-0.2, 0) is 14.3 Å². The number of anilines is 1. The van der Waals surface area contributed by atoms with Crippen LogP contribution in [-0.4, -0.2) is 17.8 Å². The van der Waals surface area contributed by atoms with Crippen molar-refractivity contribution in [1.82, 2.24) is 0 Å². The molecule has 0 aliphatic rings. The van der Waals surface area contributed by atoms with Gasteiger partial charge in [0, 0.05) is 11.0 Å². The summed E-state index contributed by atoms with van der Waals surface area (Å²) in [4.78, 5) is 36.5. The summed E-state index contributed by atoms with van der Waals surface area (Å²) in [5.74, 6) is -2.29. The van der Waals surface area contributed by atoms with E-state index in [0.717, 1.165) is 23.5 Å². The minimum Gasteiger partial charge on any atom is -0.443 e. The summed E-state index contributed by atoms with van der Waals surface area (Å²) >= 11 is 1.04. The molecule has 144 valence electrons. The van der Waals surface area contributed by atoms with Gasteiger partial charge in [-0.05, 0) is 30.7 Å². The van der Waals surface area contributed by atoms with Crippen molar-refractivity contribution in [3.8, 4) is 0 Å². The van der Waals surface area contributed by atoms with E-state index in [-0.39, 0.29) is 16.3 Å². The SMILES string of the molecule is Cc1cc(NC(=O)C(C)(C)C)sc1C(=O)O[C@H](C(N)=O)c1ccc(F)cc1. The molecular weight excluding hydrogens is 371 g/mol. The van der Waals surface area contributed by atoms with Crippen molar-refractivity contribution < 1.29 is 23.5 Å². The van der Waals surface area contributed by atoms with E-state index in [4.69, 9.17) is 10.5 Å². The van der Waals surface area contributed by atoms with Crippen LogP contribution in [0.15, 0.2) is 30.3 Å². The van der Waals surface area contributed by atoms with Crippen LogP contribution >= 0.6 is 11.3 Å². The van der Waals surface area contributed by atoms with E-state index >= 15 is 0 Å². The number of halogens is 1. The molecule has 2 rings (SSSR count). The third-order valence-corrected chi connectivity index (χ3v) is 4.81. The first kappa shape index (κ1) is 20.6. The third-order valence-electron chi connectivity index (χ3n) is 3.68. The molecule has 1 heterocycles. The van der Waals surface area contributed by atoms with E-state index in [1.807, 2.05) is 0 Å². The van der Waals surface area contributed by atoms with Crippen LogP contribution in [0, 0.1) is 18.2 Å². The number of aryl methyl sites for hydroxylation is 1. The quantitative estimate of drug-likeness (QED) is 0.760. The standard InChI is InChI=1S/C19H21FN2O4S/c1-10-9-13(22-18(25)19(2,3)4)27-15(10)17(24)26-14(16(21)23)11-5-7-12(20)8-6-11/h5-9,14H,1-4H3,(H2,21,23)(H,22,25)/t14-/m0/s1. The Morgan fingerprint density at radius 3 is 2.30 bits per heavy atom. The van der Waals surface area contributed by atoms with Crippen molar-refractivity contribution in [1.29, 1.82) is 0 Å². The minimum atomic E-state index is -1.34. The number of rotatable bonds is 5. The van der Waals surface area contributed by atoms with Gasteiger partial charge in [0.2, 0.25) is 12.0 Å². The smallest absolute Gasteiger partial charge is 0.349 e. The van der Waals surface area contributed by atoms with E-state index in [2.05, 4.69) is 5.32 Å². The number of amides is 2. The topological polar surface area (TPSA) is 98.5 Å². The lowest BCUT2D eigenvalue weighted by atomic mass is 9.96. The van der Waals surface area contributed by atoms with Crippen LogP contribution in [0.25, 0.3) is 0 Å². The zero-order valence-corrected chi connectivity index (χ0v) is 16.3. The molecule has 2 aromatic rings. The van der Waals surface area contributed by atoms with Crippen molar-refractivity contribution in [2.45, 2.75) is 33.8 Å². The predicted molar refractivity (Wildman–Crippen MR) is 101 cm³/mol. The summed E-state index contributed by atoms with van der Waals surface area (Å²) in [7, 11) is 0. The minimum absolute atomic E-state index is 0.190. The first-order valence-corrected chi connectivity index (χ1v) is 8.98. The first-order valence-electron chi connectivity index (χ1n) is 8.16. The highest BCUT2D eigenvalue weighted by Crippen LogP contribution is 2.30. The second-order valence-electron chi connectivity index (χ2n) is 7.07. The molecule has 0 unspecified atom stereocenters. The maximum Gasteiger partial charge on any atom is 0.349 e. The van der Waals surface area contributed by atoms with E-state index in [9.17, 15) is 18.8 Å². The number of nitrogens with one attached hydrogen (secondary N) is 1. The highest BCUT2D eigenvalue weighted by atomic mass is 32.1. The van der Waals surface area contributed by atoms with Crippen LogP contribution in [0.5, 0.6) is 0 Å². The van der Waals surface area contributed by atoms with E-state index < -0.39 is 29.2 Å². The molecule has 0 radical (unpaired) electrons. The van der Waals surface area contributed by atoms with E-state index in [0.29, 0.717) is 10.6 Å². The fourth-order valence-corrected chi connectivity index (χ4v) is 3.08. The van der Waals surface area contributed by atoms with E-state index in [1.165, 1.54) is 12.1 Å². The number of nitrogens with two attached hydrogens (primary N) is 1. The number of thiophene rings is 1. The molecule has 6 nitrogen and oxygen atoms in total. The molecule has 0 aliphatic heterocycles. The predicted octanol–water partition coefficient (Wildman–Crippen LogP) is 3.56. The zero-order chi connectivity index (χ0) is 20.4. The van der Waals surface area contributed by atoms with Gasteiger partial charge in [0.05, 0.1) is 5.00 Å². The molecule has 0 spiro atoms. The maximum absolute atomic E-state index is 13.1. The molecule has 0 aliphatic carbocycles. The van der Waals surface area contributed by atoms with Crippen LogP contribution in [0.3, 0.4) is 0 Å². The number of ether oxygens (including phenoxy) is 1. The largest absolute Gasteiger partial charge is 0.443 e. The average molecular weight is 392 g/mol. The van der Waals surface area contributed by atoms with Gasteiger partial charge in [0.15, 0.2) is 0 Å². The number of hydrogen-bond acceptors (Lipinski definition) is 5. The number of primary amides is 1. The fourth-order valence-electron chi connectivity index (χ4n) is 2.13. The molecular formula is C19H21FN2O4S. The lowest BCUT2D eigenvalue weighted by Gasteiger charge is -2.16. The summed E-state index contributed by atoms with van der Waals surface area (Å²) in [6.07, 6.45) is -1.34. The average Bonchev–Trinajstić information content (AvgIpc) is 2.92. The Kier molecular flexibility index (Phi) is 6.00. The summed E-state index contributed by atoms with van der Waals surface area (Å²) in [5.41, 5.74) is 5.61. The summed E-state index contributed by atoms with van der Waals surface area (Å²) < 4.78 is 18.3. The highest BCUT2D eigenvalue weighted by molar-refractivity contribution is 7.18. The Balaban J connectivity index is 2.20. The van der Waals surface area contributed by atoms with Gasteiger partial charge in [0.25, 0.3) is 5.91 Å². The van der Waals surface area contributed by atoms with Crippen LogP contribution in [0.1, 0.15) is 47.7 Å². The Morgan fingerprint density at radius 2 is 1.78 bits per heavy atom. The molecule has 3 N–H and O–H groups in total. The maximum atomic E-state index is 13.1. The molecule has 8 heteroatoms. The van der Waals surface area contributed by atoms with Gasteiger partial charge in [-0.25, -0.2) is 9.18 Å². The lowest BCUT2D eigenvalue weighted by molar-refractivity contribution is -0.127. The van der Waals surface area contributed by atoms with Gasteiger partial charge in [-0.2, -0.15) is 0 Å². The number of benzene rings is 1. The van der Waals surface area contributed by atoms with Crippen molar-refractivity contribution in [3.63, 3.8) is 0 Å². The molecule has 2 amide bonds. The molecule has 1 atom stereocenters. The molecule has 1 aromatic heterocycles. The second kappa shape index (κ2) is 7.87. The Bertz CT molecular complexity index is 869. The van der Waals surface area contributed by atoms with Gasteiger partial charge in [-0.3, -0.25) is 9.59 Å². The monoisotopic (exact) mass is 392 g/mol. The summed E-state index contributed by atoms with van der Waals surface area (Å²) in [6.45, 7) is 7.02. The summed E-state index contributed by atoms with van der Waals surface area (Å²) in [6, 6.07) is 6.61. The number of hydrogen-bond donors (Lipinski definition) is 2. The van der Waals surface area contributed by atoms with Crippen LogP contribution in [0.2, 0.25) is 0 Å². The zero-order valence-electron chi connectivity index (χ0n) is 15.5. The molecule has 0 saturated carbocycles. The van der Waals surface area contributed by atoms with Gasteiger partial charge < -0.3 is 15.8 Å². The normalized spacial score (nSPS) is 12.3. The number of esters is 1. The fraction of sp³-hybridized carbons (Fsp3) is 0.316. The van der Waals surface area contributed by atoms with Gasteiger partial charge in [0.1, 0.15) is 10.7 Å². The summed E-state index contributed by atoms with van der Waals surface area (Å²) in [5, 5.41) is 3.25. The van der Waals surface area contributed by atoms with Crippen molar-refractivity contribution in [2.75, 3.05) is 5.32 Å². The Morgan fingerprint density at radius 1 is 1.19 bits per heavy atom.